The van der Waals surface area contributed by atoms with E-state index in [1.165, 1.54) is 89.9 Å². The molecule has 0 spiro atoms. The molecule has 0 heterocycles. The first kappa shape index (κ1) is 22.5. The molecule has 1 N–H and O–H groups in total. The molecule has 138 valence electrons. The smallest absolute Gasteiger partial charge is 0.219 e. The second kappa shape index (κ2) is 19.5. The molecule has 2 heteroatoms. The quantitative estimate of drug-likeness (QED) is 0.277. The number of carbonyl (C=O) groups is 1. The molecular formula is C21H43NO. The van der Waals surface area contributed by atoms with Crippen LogP contribution in [0.5, 0.6) is 0 Å². The third-order valence-corrected chi connectivity index (χ3v) is 4.61. The Hall–Kier alpha value is -0.530. The fraction of sp³-hybridized carbons (Fsp3) is 0.952. The molecule has 0 aliphatic heterocycles. The van der Waals surface area contributed by atoms with Crippen molar-refractivity contribution < 1.29 is 4.79 Å². The van der Waals surface area contributed by atoms with Crippen LogP contribution in [0.2, 0.25) is 0 Å². The predicted octanol–water partition coefficient (Wildman–Crippen LogP) is 6.77. The Morgan fingerprint density at radius 2 is 0.957 bits per heavy atom. The van der Waals surface area contributed by atoms with Gasteiger partial charge in [-0.15, -0.1) is 0 Å². The van der Waals surface area contributed by atoms with Crippen LogP contribution in [0.4, 0.5) is 0 Å². The minimum atomic E-state index is 0.258. The van der Waals surface area contributed by atoms with Gasteiger partial charge in [0.15, 0.2) is 0 Å². The third-order valence-electron chi connectivity index (χ3n) is 4.61. The van der Waals surface area contributed by atoms with Crippen LogP contribution in [0.15, 0.2) is 0 Å². The molecule has 0 aromatic heterocycles. The maximum absolute atomic E-state index is 11.6. The molecule has 2 nitrogen and oxygen atoms in total. The Balaban J connectivity index is 3.10. The van der Waals surface area contributed by atoms with Crippen molar-refractivity contribution in [1.29, 1.82) is 0 Å². The molecule has 0 bridgehead atoms. The Labute approximate surface area is 146 Å². The van der Waals surface area contributed by atoms with Gasteiger partial charge in [0, 0.05) is 13.0 Å². The average Bonchev–Trinajstić information content (AvgIpc) is 2.55. The van der Waals surface area contributed by atoms with Gasteiger partial charge < -0.3 is 5.32 Å². The number of unbranched alkanes of at least 4 members (excludes halogenated alkanes) is 14. The van der Waals surface area contributed by atoms with Crippen molar-refractivity contribution in [3.63, 3.8) is 0 Å². The molecule has 0 aliphatic carbocycles. The highest BCUT2D eigenvalue weighted by Crippen LogP contribution is 2.12. The highest BCUT2D eigenvalue weighted by molar-refractivity contribution is 5.75. The molecule has 0 fully saturated rings. The summed E-state index contributed by atoms with van der Waals surface area (Å²) >= 11 is 0. The highest BCUT2D eigenvalue weighted by atomic mass is 16.1. The topological polar surface area (TPSA) is 29.1 Å². The van der Waals surface area contributed by atoms with Gasteiger partial charge in [0.2, 0.25) is 5.91 Å². The Morgan fingerprint density at radius 1 is 0.565 bits per heavy atom. The van der Waals surface area contributed by atoms with Crippen LogP contribution in [0, 0.1) is 0 Å². The van der Waals surface area contributed by atoms with E-state index >= 15 is 0 Å². The largest absolute Gasteiger partial charge is 0.356 e. The van der Waals surface area contributed by atoms with Crippen molar-refractivity contribution in [3.8, 4) is 0 Å². The SMILES string of the molecule is CCCCCCCCCCCCCCC(=O)NCCCCCC. The third kappa shape index (κ3) is 19.4. The van der Waals surface area contributed by atoms with E-state index in [-0.39, 0.29) is 5.91 Å². The summed E-state index contributed by atoms with van der Waals surface area (Å²) in [6.45, 7) is 5.36. The molecule has 0 aliphatic rings. The summed E-state index contributed by atoms with van der Waals surface area (Å²) in [6, 6.07) is 0. The number of hydrogen-bond acceptors (Lipinski definition) is 1. The number of carbonyl (C=O) groups excluding carboxylic acids is 1. The van der Waals surface area contributed by atoms with Crippen LogP contribution in [-0.2, 0) is 4.79 Å². The Kier molecular flexibility index (Phi) is 19.1. The minimum Gasteiger partial charge on any atom is -0.356 e. The molecule has 0 rings (SSSR count). The lowest BCUT2D eigenvalue weighted by molar-refractivity contribution is -0.121. The van der Waals surface area contributed by atoms with Gasteiger partial charge in [-0.1, -0.05) is 104 Å². The van der Waals surface area contributed by atoms with Crippen molar-refractivity contribution in [2.75, 3.05) is 6.54 Å². The van der Waals surface area contributed by atoms with Crippen molar-refractivity contribution >= 4 is 5.91 Å². The van der Waals surface area contributed by atoms with Gasteiger partial charge in [0.05, 0.1) is 0 Å². The summed E-state index contributed by atoms with van der Waals surface area (Å²) in [4.78, 5) is 11.6. The molecule has 1 amide bonds. The fourth-order valence-corrected chi connectivity index (χ4v) is 2.99. The van der Waals surface area contributed by atoms with Gasteiger partial charge in [0.1, 0.15) is 0 Å². The van der Waals surface area contributed by atoms with Crippen LogP contribution in [-0.4, -0.2) is 12.5 Å². The van der Waals surface area contributed by atoms with E-state index in [1.807, 2.05) is 0 Å². The van der Waals surface area contributed by atoms with E-state index in [9.17, 15) is 4.79 Å². The highest BCUT2D eigenvalue weighted by Gasteiger charge is 2.00. The molecule has 0 saturated carbocycles. The zero-order valence-electron chi connectivity index (χ0n) is 16.1. The van der Waals surface area contributed by atoms with Gasteiger partial charge in [-0.25, -0.2) is 0 Å². The summed E-state index contributed by atoms with van der Waals surface area (Å²) in [5.74, 6) is 0.258. The Morgan fingerprint density at radius 3 is 1.43 bits per heavy atom. The van der Waals surface area contributed by atoms with Gasteiger partial charge in [-0.2, -0.15) is 0 Å². The standard InChI is InChI=1S/C21H43NO/c1-3-5-7-9-10-11-12-13-14-15-16-17-19-21(23)22-20-18-8-6-4-2/h3-20H2,1-2H3,(H,22,23). The number of hydrogen-bond donors (Lipinski definition) is 1. The van der Waals surface area contributed by atoms with Crippen molar-refractivity contribution in [2.45, 2.75) is 123 Å². The number of amides is 1. The maximum atomic E-state index is 11.6. The molecule has 0 aromatic rings. The first-order valence-corrected chi connectivity index (χ1v) is 10.6. The van der Waals surface area contributed by atoms with Gasteiger partial charge in [0.25, 0.3) is 0 Å². The molecule has 0 unspecified atom stereocenters. The van der Waals surface area contributed by atoms with E-state index in [4.69, 9.17) is 0 Å². The number of nitrogens with one attached hydrogen (secondary N) is 1. The normalized spacial score (nSPS) is 10.9. The fourth-order valence-electron chi connectivity index (χ4n) is 2.99. The van der Waals surface area contributed by atoms with E-state index in [0.717, 1.165) is 25.8 Å². The zero-order valence-corrected chi connectivity index (χ0v) is 16.1. The monoisotopic (exact) mass is 325 g/mol. The maximum Gasteiger partial charge on any atom is 0.219 e. The summed E-state index contributed by atoms with van der Waals surface area (Å²) < 4.78 is 0. The van der Waals surface area contributed by atoms with E-state index in [2.05, 4.69) is 19.2 Å². The summed E-state index contributed by atoms with van der Waals surface area (Å²) in [7, 11) is 0. The first-order valence-electron chi connectivity index (χ1n) is 10.6. The molecule has 23 heavy (non-hydrogen) atoms. The molecular weight excluding hydrogens is 282 g/mol. The summed E-state index contributed by atoms with van der Waals surface area (Å²) in [5.41, 5.74) is 0. The van der Waals surface area contributed by atoms with Crippen molar-refractivity contribution in [3.05, 3.63) is 0 Å². The first-order chi connectivity index (χ1) is 11.3. The molecule has 0 saturated heterocycles. The molecule has 0 radical (unpaired) electrons. The summed E-state index contributed by atoms with van der Waals surface area (Å²) in [5, 5.41) is 3.04. The predicted molar refractivity (Wildman–Crippen MR) is 103 cm³/mol. The second-order valence-corrected chi connectivity index (χ2v) is 7.05. The van der Waals surface area contributed by atoms with E-state index in [0.29, 0.717) is 0 Å². The summed E-state index contributed by atoms with van der Waals surface area (Å²) in [6.07, 6.45) is 21.9. The Bertz CT molecular complexity index is 240. The van der Waals surface area contributed by atoms with Crippen LogP contribution < -0.4 is 5.32 Å². The molecule has 0 aromatic carbocycles. The average molecular weight is 326 g/mol. The van der Waals surface area contributed by atoms with Crippen molar-refractivity contribution in [1.82, 2.24) is 5.32 Å². The zero-order chi connectivity index (χ0) is 17.0. The number of rotatable bonds is 18. The molecule has 0 atom stereocenters. The van der Waals surface area contributed by atoms with E-state index < -0.39 is 0 Å². The van der Waals surface area contributed by atoms with Crippen LogP contribution in [0.1, 0.15) is 123 Å². The minimum absolute atomic E-state index is 0.258. The van der Waals surface area contributed by atoms with Gasteiger partial charge >= 0.3 is 0 Å². The van der Waals surface area contributed by atoms with E-state index in [1.54, 1.807) is 0 Å². The van der Waals surface area contributed by atoms with Gasteiger partial charge in [-0.3, -0.25) is 4.79 Å². The lowest BCUT2D eigenvalue weighted by Gasteiger charge is -2.05. The lowest BCUT2D eigenvalue weighted by Crippen LogP contribution is -2.23. The van der Waals surface area contributed by atoms with Gasteiger partial charge in [-0.05, 0) is 12.8 Å². The van der Waals surface area contributed by atoms with Crippen molar-refractivity contribution in [2.24, 2.45) is 0 Å². The van der Waals surface area contributed by atoms with Crippen LogP contribution in [0.25, 0.3) is 0 Å². The van der Waals surface area contributed by atoms with Crippen LogP contribution >= 0.6 is 0 Å². The van der Waals surface area contributed by atoms with Crippen LogP contribution in [0.3, 0.4) is 0 Å². The second-order valence-electron chi connectivity index (χ2n) is 7.05. The lowest BCUT2D eigenvalue weighted by atomic mass is 10.0.